The van der Waals surface area contributed by atoms with Crippen LogP contribution >= 0.6 is 0 Å². The summed E-state index contributed by atoms with van der Waals surface area (Å²) in [6.07, 6.45) is -3.43. The Morgan fingerprint density at radius 1 is 1.19 bits per heavy atom. The van der Waals surface area contributed by atoms with E-state index in [9.17, 15) is 46.6 Å². The molecule has 152 valence electrons. The molecule has 1 aliphatic heterocycles. The van der Waals surface area contributed by atoms with Gasteiger partial charge in [-0.2, -0.15) is 18.0 Å². The lowest BCUT2D eigenvalue weighted by Crippen LogP contribution is -2.76. The number of hydrogen-bond acceptors (Lipinski definition) is 5. The van der Waals surface area contributed by atoms with Crippen molar-refractivity contribution in [1.29, 1.82) is 0 Å². The van der Waals surface area contributed by atoms with Crippen LogP contribution in [0.15, 0.2) is 0 Å². The zero-order chi connectivity index (χ0) is 20.9. The average Bonchev–Trinajstić information content (AvgIpc) is 2.43. The largest absolute Gasteiger partial charge is 0.547 e. The van der Waals surface area contributed by atoms with E-state index in [1.807, 2.05) is 0 Å². The smallest absolute Gasteiger partial charge is 0.481 e. The van der Waals surface area contributed by atoms with Gasteiger partial charge in [-0.1, -0.05) is 32.3 Å². The van der Waals surface area contributed by atoms with Gasteiger partial charge in [0.05, 0.1) is 5.25 Å². The molecule has 0 saturated carbocycles. The first-order valence-electron chi connectivity index (χ1n) is 7.78. The van der Waals surface area contributed by atoms with Crippen LogP contribution in [0.5, 0.6) is 0 Å². The number of nitrogens with zero attached hydrogens (tertiary/aromatic N) is 1. The zero-order valence-electron chi connectivity index (χ0n) is 14.7. The number of hydroxylamine groups is 3. The van der Waals surface area contributed by atoms with E-state index in [-0.39, 0.29) is 0 Å². The Labute approximate surface area is 148 Å². The number of amides is 1. The number of alkyl halides is 3. The molecule has 8 nitrogen and oxygen atoms in total. The van der Waals surface area contributed by atoms with E-state index in [4.69, 9.17) is 0 Å². The molecule has 26 heavy (non-hydrogen) atoms. The minimum atomic E-state index is -5.93. The van der Waals surface area contributed by atoms with Crippen molar-refractivity contribution in [2.24, 2.45) is 10.8 Å². The van der Waals surface area contributed by atoms with E-state index >= 15 is 0 Å². The average molecular weight is 406 g/mol. The highest BCUT2D eigenvalue weighted by molar-refractivity contribution is 7.93. The molecule has 1 saturated heterocycles. The summed E-state index contributed by atoms with van der Waals surface area (Å²) in [6.45, 7) is 4.34. The van der Waals surface area contributed by atoms with Crippen LogP contribution in [0.2, 0.25) is 0 Å². The first-order valence-corrected chi connectivity index (χ1v) is 9.32. The molecule has 0 aliphatic carbocycles. The topological polar surface area (TPSA) is 129 Å². The molecular formula is C14H23F3NO7S+. The first kappa shape index (κ1) is 22.6. The van der Waals surface area contributed by atoms with Gasteiger partial charge in [0.15, 0.2) is 6.04 Å². The number of halogens is 3. The van der Waals surface area contributed by atoms with Crippen molar-refractivity contribution in [2.45, 2.75) is 57.3 Å². The maximum absolute atomic E-state index is 13.2. The summed E-state index contributed by atoms with van der Waals surface area (Å²) >= 11 is 0. The van der Waals surface area contributed by atoms with E-state index in [0.717, 1.165) is 0 Å². The SMILES string of the molecule is CCC1(C(=O)O)C(C(C)(C)C)[N@@+](O)(C(=O)O)CCC1S(=O)(=O)C(F)(F)F. The number of aliphatic carboxylic acids is 1. The Bertz CT molecular complexity index is 700. The van der Waals surface area contributed by atoms with Gasteiger partial charge < -0.3 is 10.2 Å². The van der Waals surface area contributed by atoms with Crippen molar-refractivity contribution in [3.63, 3.8) is 0 Å². The summed E-state index contributed by atoms with van der Waals surface area (Å²) in [7, 11) is -5.93. The maximum Gasteiger partial charge on any atom is 0.547 e. The molecule has 4 atom stereocenters. The van der Waals surface area contributed by atoms with Gasteiger partial charge in [-0.15, -0.1) is 0 Å². The summed E-state index contributed by atoms with van der Waals surface area (Å²) in [5, 5.41) is 27.5. The molecule has 1 amide bonds. The number of carboxylic acids is 1. The standard InChI is InChI=1S/C14H22F3NO7S/c1-5-13(10(19)20)8(26(24,25)14(15,16)17)6-7-18(23,11(21)22)9(13)12(2,3)4/h8-9,23H,5-7H2,1-4H3,(H-,19,20,21,22)/p+1/t8?,9?,13?,18-/m1/s1. The lowest BCUT2D eigenvalue weighted by molar-refractivity contribution is -1.07. The van der Waals surface area contributed by atoms with Gasteiger partial charge in [0.25, 0.3) is 9.84 Å². The molecule has 1 fully saturated rings. The van der Waals surface area contributed by atoms with Crippen LogP contribution in [0.25, 0.3) is 0 Å². The molecule has 0 aromatic rings. The number of rotatable bonds is 3. The Balaban J connectivity index is 3.92. The molecule has 3 N–H and O–H groups in total. The maximum atomic E-state index is 13.2. The number of hydrogen-bond donors (Lipinski definition) is 3. The number of carboxylic acid groups (broad SMARTS) is 2. The van der Waals surface area contributed by atoms with Gasteiger partial charge in [-0.25, -0.2) is 13.6 Å². The second kappa shape index (κ2) is 6.34. The number of piperidine rings is 1. The summed E-state index contributed by atoms with van der Waals surface area (Å²) < 4.78 is 61.9. The third-order valence-corrected chi connectivity index (χ3v) is 7.10. The van der Waals surface area contributed by atoms with Crippen molar-refractivity contribution in [3.05, 3.63) is 0 Å². The van der Waals surface area contributed by atoms with Crippen molar-refractivity contribution < 1.29 is 51.2 Å². The Morgan fingerprint density at radius 3 is 1.92 bits per heavy atom. The second-order valence-corrected chi connectivity index (χ2v) is 9.69. The molecule has 12 heteroatoms. The van der Waals surface area contributed by atoms with Gasteiger partial charge in [0.2, 0.25) is 0 Å². The molecule has 1 aliphatic rings. The monoisotopic (exact) mass is 406 g/mol. The van der Waals surface area contributed by atoms with E-state index in [1.54, 1.807) is 0 Å². The van der Waals surface area contributed by atoms with Crippen molar-refractivity contribution in [2.75, 3.05) is 6.54 Å². The summed E-state index contributed by atoms with van der Waals surface area (Å²) in [5.74, 6) is -1.89. The van der Waals surface area contributed by atoms with Gasteiger partial charge in [-0.3, -0.25) is 4.79 Å². The van der Waals surface area contributed by atoms with Gasteiger partial charge >= 0.3 is 17.6 Å². The third kappa shape index (κ3) is 3.07. The van der Waals surface area contributed by atoms with Crippen LogP contribution in [0.3, 0.4) is 0 Å². The zero-order valence-corrected chi connectivity index (χ0v) is 15.6. The summed E-state index contributed by atoms with van der Waals surface area (Å²) in [6, 6.07) is -1.84. The van der Waals surface area contributed by atoms with Crippen LogP contribution in [-0.4, -0.2) is 63.9 Å². The molecule has 1 rings (SSSR count). The quantitative estimate of drug-likeness (QED) is 0.485. The van der Waals surface area contributed by atoms with Gasteiger partial charge in [-0.05, 0) is 6.42 Å². The van der Waals surface area contributed by atoms with Crippen molar-refractivity contribution in [3.8, 4) is 0 Å². The molecule has 1 heterocycles. The predicted octanol–water partition coefficient (Wildman–Crippen LogP) is 2.47. The minimum absolute atomic E-state index is 0.613. The van der Waals surface area contributed by atoms with Gasteiger partial charge in [0, 0.05) is 11.8 Å². The number of likely N-dealkylation sites (tertiary alicyclic amines) is 1. The number of sulfone groups is 1. The molecule has 0 radical (unpaired) electrons. The summed E-state index contributed by atoms with van der Waals surface area (Å²) in [5.41, 5.74) is -9.71. The Kier molecular flexibility index (Phi) is 5.52. The molecule has 0 spiro atoms. The Morgan fingerprint density at radius 2 is 1.65 bits per heavy atom. The third-order valence-electron chi connectivity index (χ3n) is 5.05. The van der Waals surface area contributed by atoms with E-state index in [2.05, 4.69) is 0 Å². The van der Waals surface area contributed by atoms with Crippen LogP contribution in [0.1, 0.15) is 40.5 Å². The Hall–Kier alpha value is -1.40. The highest BCUT2D eigenvalue weighted by atomic mass is 32.2. The molecular weight excluding hydrogens is 383 g/mol. The molecule has 3 unspecified atom stereocenters. The van der Waals surface area contributed by atoms with Crippen molar-refractivity contribution >= 4 is 21.9 Å². The van der Waals surface area contributed by atoms with Crippen LogP contribution in [-0.2, 0) is 14.6 Å². The molecule has 0 aromatic carbocycles. The highest BCUT2D eigenvalue weighted by Crippen LogP contribution is 2.53. The second-order valence-electron chi connectivity index (χ2n) is 7.57. The minimum Gasteiger partial charge on any atom is -0.481 e. The van der Waals surface area contributed by atoms with Crippen LogP contribution in [0.4, 0.5) is 18.0 Å². The fourth-order valence-corrected chi connectivity index (χ4v) is 5.99. The first-order chi connectivity index (χ1) is 11.4. The van der Waals surface area contributed by atoms with E-state index < -0.39 is 73.6 Å². The molecule has 0 bridgehead atoms. The van der Waals surface area contributed by atoms with Gasteiger partial charge in [0.1, 0.15) is 12.0 Å². The molecule has 0 aromatic heterocycles. The lowest BCUT2D eigenvalue weighted by Gasteiger charge is -2.53. The van der Waals surface area contributed by atoms with Crippen LogP contribution < -0.4 is 0 Å². The predicted molar refractivity (Wildman–Crippen MR) is 81.9 cm³/mol. The number of quaternary nitrogens is 1. The lowest BCUT2D eigenvalue weighted by atomic mass is 9.62. The van der Waals surface area contributed by atoms with E-state index in [0.29, 0.717) is 0 Å². The highest BCUT2D eigenvalue weighted by Gasteiger charge is 2.74. The van der Waals surface area contributed by atoms with Crippen molar-refractivity contribution in [1.82, 2.24) is 0 Å². The van der Waals surface area contributed by atoms with Crippen LogP contribution in [0, 0.1) is 10.8 Å². The fraction of sp³-hybridized carbons (Fsp3) is 0.857. The fourth-order valence-electron chi connectivity index (χ4n) is 4.30. The number of carbonyl (C=O) groups is 2. The summed E-state index contributed by atoms with van der Waals surface area (Å²) in [4.78, 5) is 23.8. The normalized spacial score (nSPS) is 33.7. The van der Waals surface area contributed by atoms with E-state index in [1.165, 1.54) is 27.7 Å².